The Labute approximate surface area is 74.8 Å². The lowest BCUT2D eigenvalue weighted by Crippen LogP contribution is -1.93. The van der Waals surface area contributed by atoms with Crippen LogP contribution in [0.1, 0.15) is 39.5 Å². The Balaban J connectivity index is 3.73. The molecule has 0 fully saturated rings. The van der Waals surface area contributed by atoms with Crippen molar-refractivity contribution in [1.29, 1.82) is 0 Å². The summed E-state index contributed by atoms with van der Waals surface area (Å²) in [5.74, 6) is 6.08. The first kappa shape index (κ1) is 10.9. The SMILES string of the molecule is C=N/N=C(/CC)CCC#CCC. The van der Waals surface area contributed by atoms with Gasteiger partial charge in [0.1, 0.15) is 0 Å². The first-order valence-electron chi connectivity index (χ1n) is 4.32. The van der Waals surface area contributed by atoms with Crippen LogP contribution in [-0.4, -0.2) is 12.4 Å². The van der Waals surface area contributed by atoms with E-state index in [1.165, 1.54) is 0 Å². The van der Waals surface area contributed by atoms with E-state index in [2.05, 4.69) is 35.7 Å². The lowest BCUT2D eigenvalue weighted by Gasteiger charge is -1.95. The Bertz CT molecular complexity index is 206. The fourth-order valence-electron chi connectivity index (χ4n) is 0.818. The van der Waals surface area contributed by atoms with Gasteiger partial charge in [0.15, 0.2) is 0 Å². The van der Waals surface area contributed by atoms with Gasteiger partial charge in [0.2, 0.25) is 0 Å². The lowest BCUT2D eigenvalue weighted by atomic mass is 10.2. The van der Waals surface area contributed by atoms with Crippen molar-refractivity contribution < 1.29 is 0 Å². The maximum absolute atomic E-state index is 3.90. The number of hydrogen-bond acceptors (Lipinski definition) is 2. The summed E-state index contributed by atoms with van der Waals surface area (Å²) in [7, 11) is 0. The minimum atomic E-state index is 0.885. The van der Waals surface area contributed by atoms with Gasteiger partial charge in [-0.15, -0.1) is 11.8 Å². The normalized spacial score (nSPS) is 10.3. The molecule has 0 saturated heterocycles. The highest BCUT2D eigenvalue weighted by atomic mass is 15.2. The van der Waals surface area contributed by atoms with Gasteiger partial charge in [0.25, 0.3) is 0 Å². The van der Waals surface area contributed by atoms with Crippen LogP contribution in [-0.2, 0) is 0 Å². The molecule has 0 aliphatic rings. The molecule has 0 aromatic rings. The quantitative estimate of drug-likeness (QED) is 0.347. The van der Waals surface area contributed by atoms with Crippen LogP contribution in [0.4, 0.5) is 0 Å². The summed E-state index contributed by atoms with van der Waals surface area (Å²) in [4.78, 5) is 0. The Kier molecular flexibility index (Phi) is 7.27. The van der Waals surface area contributed by atoms with Crippen molar-refractivity contribution in [2.75, 3.05) is 0 Å². The molecule has 2 heteroatoms. The van der Waals surface area contributed by atoms with Crippen LogP contribution in [0.25, 0.3) is 0 Å². The third kappa shape index (κ3) is 5.67. The van der Waals surface area contributed by atoms with E-state index in [9.17, 15) is 0 Å². The largest absolute Gasteiger partial charge is 0.167 e. The molecule has 0 spiro atoms. The van der Waals surface area contributed by atoms with Crippen molar-refractivity contribution in [2.24, 2.45) is 10.2 Å². The second-order valence-electron chi connectivity index (χ2n) is 2.37. The highest BCUT2D eigenvalue weighted by Crippen LogP contribution is 1.97. The van der Waals surface area contributed by atoms with Crippen LogP contribution >= 0.6 is 0 Å². The van der Waals surface area contributed by atoms with E-state index >= 15 is 0 Å². The van der Waals surface area contributed by atoms with Gasteiger partial charge in [-0.1, -0.05) is 13.8 Å². The van der Waals surface area contributed by atoms with Crippen molar-refractivity contribution >= 4 is 12.4 Å². The minimum absolute atomic E-state index is 0.885. The molecule has 12 heavy (non-hydrogen) atoms. The molecule has 0 atom stereocenters. The van der Waals surface area contributed by atoms with E-state index < -0.39 is 0 Å². The fourth-order valence-corrected chi connectivity index (χ4v) is 0.818. The van der Waals surface area contributed by atoms with Crippen molar-refractivity contribution in [3.8, 4) is 11.8 Å². The zero-order valence-electron chi connectivity index (χ0n) is 7.93. The second-order valence-corrected chi connectivity index (χ2v) is 2.37. The van der Waals surface area contributed by atoms with Crippen LogP contribution in [0, 0.1) is 11.8 Å². The Morgan fingerprint density at radius 1 is 1.33 bits per heavy atom. The molecule has 0 aromatic heterocycles. The molecule has 0 bridgehead atoms. The van der Waals surface area contributed by atoms with Gasteiger partial charge < -0.3 is 0 Å². The van der Waals surface area contributed by atoms with Gasteiger partial charge in [-0.2, -0.15) is 10.2 Å². The van der Waals surface area contributed by atoms with Crippen LogP contribution in [0.2, 0.25) is 0 Å². The number of rotatable bonds is 4. The third-order valence-electron chi connectivity index (χ3n) is 1.46. The number of hydrogen-bond donors (Lipinski definition) is 0. The van der Waals surface area contributed by atoms with Gasteiger partial charge in [-0.25, -0.2) is 0 Å². The molecule has 0 amide bonds. The predicted molar refractivity (Wildman–Crippen MR) is 54.6 cm³/mol. The van der Waals surface area contributed by atoms with Crippen molar-refractivity contribution in [3.05, 3.63) is 0 Å². The van der Waals surface area contributed by atoms with Gasteiger partial charge in [0.05, 0.1) is 0 Å². The van der Waals surface area contributed by atoms with Gasteiger partial charge in [-0.3, -0.25) is 0 Å². The summed E-state index contributed by atoms with van der Waals surface area (Å²) in [6.07, 6.45) is 3.67. The van der Waals surface area contributed by atoms with Crippen LogP contribution in [0.3, 0.4) is 0 Å². The molecule has 0 aliphatic heterocycles. The zero-order valence-corrected chi connectivity index (χ0v) is 7.93. The van der Waals surface area contributed by atoms with Crippen molar-refractivity contribution in [1.82, 2.24) is 0 Å². The monoisotopic (exact) mass is 164 g/mol. The topological polar surface area (TPSA) is 24.7 Å². The van der Waals surface area contributed by atoms with Crippen LogP contribution < -0.4 is 0 Å². The highest BCUT2D eigenvalue weighted by molar-refractivity contribution is 5.84. The van der Waals surface area contributed by atoms with E-state index in [4.69, 9.17) is 0 Å². The molecule has 0 heterocycles. The Morgan fingerprint density at radius 2 is 2.08 bits per heavy atom. The molecule has 0 saturated carbocycles. The maximum atomic E-state index is 3.90. The summed E-state index contributed by atoms with van der Waals surface area (Å²) in [5, 5.41) is 7.40. The molecule has 0 aromatic carbocycles. The standard InChI is InChI=1S/C10H16N2/c1-4-6-7-8-9-10(5-2)12-11-3/h3-5,8-9H2,1-2H3/b12-10-. The Morgan fingerprint density at radius 3 is 2.58 bits per heavy atom. The van der Waals surface area contributed by atoms with E-state index in [-0.39, 0.29) is 0 Å². The molecule has 2 nitrogen and oxygen atoms in total. The average Bonchev–Trinajstić information content (AvgIpc) is 2.10. The smallest absolute Gasteiger partial charge is 0.0412 e. The molecular formula is C10H16N2. The van der Waals surface area contributed by atoms with E-state index in [1.807, 2.05) is 6.92 Å². The summed E-state index contributed by atoms with van der Waals surface area (Å²) in [5.41, 5.74) is 1.08. The highest BCUT2D eigenvalue weighted by Gasteiger charge is 1.92. The van der Waals surface area contributed by atoms with Gasteiger partial charge in [0, 0.05) is 25.3 Å². The Hall–Kier alpha value is -1.10. The third-order valence-corrected chi connectivity index (χ3v) is 1.46. The molecule has 0 rings (SSSR count). The first-order valence-corrected chi connectivity index (χ1v) is 4.32. The summed E-state index contributed by atoms with van der Waals surface area (Å²) in [6.45, 7) is 7.43. The molecule has 0 unspecified atom stereocenters. The van der Waals surface area contributed by atoms with E-state index in [1.54, 1.807) is 0 Å². The summed E-state index contributed by atoms with van der Waals surface area (Å²) < 4.78 is 0. The van der Waals surface area contributed by atoms with Crippen molar-refractivity contribution in [2.45, 2.75) is 39.5 Å². The van der Waals surface area contributed by atoms with Gasteiger partial charge >= 0.3 is 0 Å². The van der Waals surface area contributed by atoms with Gasteiger partial charge in [-0.05, 0) is 12.8 Å². The second kappa shape index (κ2) is 8.00. The fraction of sp³-hybridized carbons (Fsp3) is 0.600. The van der Waals surface area contributed by atoms with Crippen molar-refractivity contribution in [3.63, 3.8) is 0 Å². The molecule has 0 aliphatic carbocycles. The minimum Gasteiger partial charge on any atom is -0.167 e. The zero-order chi connectivity index (χ0) is 9.23. The average molecular weight is 164 g/mol. The number of nitrogens with zero attached hydrogens (tertiary/aromatic N) is 2. The maximum Gasteiger partial charge on any atom is 0.0412 e. The van der Waals surface area contributed by atoms with E-state index in [0.717, 1.165) is 31.4 Å². The molecule has 0 N–H and O–H groups in total. The molecule has 0 radical (unpaired) electrons. The predicted octanol–water partition coefficient (Wildman–Crippen LogP) is 2.65. The molecule has 66 valence electrons. The molecular weight excluding hydrogens is 148 g/mol. The van der Waals surface area contributed by atoms with E-state index in [0.29, 0.717) is 0 Å². The summed E-state index contributed by atoms with van der Waals surface area (Å²) in [6, 6.07) is 0. The van der Waals surface area contributed by atoms with Crippen LogP contribution in [0.5, 0.6) is 0 Å². The lowest BCUT2D eigenvalue weighted by molar-refractivity contribution is 1.04. The first-order chi connectivity index (χ1) is 5.85. The van der Waals surface area contributed by atoms with Crippen LogP contribution in [0.15, 0.2) is 10.2 Å². The summed E-state index contributed by atoms with van der Waals surface area (Å²) >= 11 is 0.